The van der Waals surface area contributed by atoms with Gasteiger partial charge in [0.1, 0.15) is 5.39 Å². The fourth-order valence-electron chi connectivity index (χ4n) is 5.16. The van der Waals surface area contributed by atoms with Crippen molar-refractivity contribution >= 4 is 22.7 Å². The largest absolute Gasteiger partial charge is 0.324 e. The summed E-state index contributed by atoms with van der Waals surface area (Å²) in [6, 6.07) is 12.4. The van der Waals surface area contributed by atoms with E-state index in [-0.39, 0.29) is 11.0 Å². The van der Waals surface area contributed by atoms with E-state index in [0.717, 1.165) is 24.5 Å². The van der Waals surface area contributed by atoms with Crippen molar-refractivity contribution in [1.29, 1.82) is 0 Å². The summed E-state index contributed by atoms with van der Waals surface area (Å²) in [5.41, 5.74) is 5.18. The Morgan fingerprint density at radius 1 is 1.19 bits per heavy atom. The van der Waals surface area contributed by atoms with Crippen molar-refractivity contribution < 1.29 is 0 Å². The molecule has 8 heteroatoms. The van der Waals surface area contributed by atoms with Gasteiger partial charge in [0.05, 0.1) is 6.54 Å². The highest BCUT2D eigenvalue weighted by Crippen LogP contribution is 2.50. The Bertz CT molecular complexity index is 1550. The maximum absolute atomic E-state index is 13.3. The van der Waals surface area contributed by atoms with Gasteiger partial charge in [-0.2, -0.15) is 4.98 Å². The quantitative estimate of drug-likeness (QED) is 0.412. The molecule has 1 aliphatic carbocycles. The number of pyridine rings is 1. The minimum absolute atomic E-state index is 0.134. The third-order valence-corrected chi connectivity index (χ3v) is 7.26. The van der Waals surface area contributed by atoms with Crippen LogP contribution in [0.1, 0.15) is 50.4 Å². The topological polar surface area (TPSA) is 89.7 Å². The lowest BCUT2D eigenvalue weighted by atomic mass is 9.88. The predicted molar refractivity (Wildman–Crippen MR) is 142 cm³/mol. The molecule has 0 saturated heterocycles. The first-order chi connectivity index (χ1) is 17.3. The first-order valence-corrected chi connectivity index (χ1v) is 12.5. The molecule has 4 aromatic rings. The average molecular weight is 482 g/mol. The van der Waals surface area contributed by atoms with E-state index >= 15 is 0 Å². The van der Waals surface area contributed by atoms with Gasteiger partial charge in [-0.15, -0.1) is 6.58 Å². The monoisotopic (exact) mass is 481 g/mol. The maximum atomic E-state index is 13.3. The van der Waals surface area contributed by atoms with Crippen LogP contribution in [0, 0.1) is 0 Å². The van der Waals surface area contributed by atoms with Crippen molar-refractivity contribution in [2.24, 2.45) is 0 Å². The summed E-state index contributed by atoms with van der Waals surface area (Å²) in [5, 5.41) is 7.35. The number of benzene rings is 1. The molecule has 4 heterocycles. The lowest BCUT2D eigenvalue weighted by Gasteiger charge is -2.26. The minimum atomic E-state index is -0.172. The fourth-order valence-corrected chi connectivity index (χ4v) is 5.16. The van der Waals surface area contributed by atoms with Gasteiger partial charge in [0.15, 0.2) is 11.5 Å². The number of hydrogen-bond donors (Lipinski definition) is 2. The highest BCUT2D eigenvalue weighted by Gasteiger charge is 2.46. The molecule has 184 valence electrons. The molecule has 6 rings (SSSR count). The molecule has 2 aliphatic rings. The lowest BCUT2D eigenvalue weighted by molar-refractivity contribution is 0.531. The summed E-state index contributed by atoms with van der Waals surface area (Å²) in [4.78, 5) is 27.4. The van der Waals surface area contributed by atoms with Crippen molar-refractivity contribution in [3.05, 3.63) is 82.4 Å². The number of nitrogens with zero attached hydrogens (tertiary/aromatic N) is 5. The second kappa shape index (κ2) is 8.13. The van der Waals surface area contributed by atoms with E-state index < -0.39 is 0 Å². The van der Waals surface area contributed by atoms with Crippen LogP contribution in [-0.4, -0.2) is 30.9 Å². The van der Waals surface area contributed by atoms with E-state index in [9.17, 15) is 4.79 Å². The minimum Gasteiger partial charge on any atom is -0.324 e. The standard InChI is InChI=1S/C28H31N7O/c1-5-13-34-25(36)20-16-30-26(31-19-9-10-21-18(14-19)15-29-17-28(21)11-12-28)33-24(20)35(34)23-8-6-7-22(32-23)27(2,3)4/h5-10,14,16,29H,1,11-13,15,17H2,2-4H3,(H,30,31,33). The summed E-state index contributed by atoms with van der Waals surface area (Å²) in [7, 11) is 0. The van der Waals surface area contributed by atoms with E-state index in [2.05, 4.69) is 61.2 Å². The zero-order chi connectivity index (χ0) is 25.1. The van der Waals surface area contributed by atoms with Crippen molar-refractivity contribution in [1.82, 2.24) is 29.6 Å². The molecule has 8 nitrogen and oxygen atoms in total. The molecule has 36 heavy (non-hydrogen) atoms. The number of rotatable bonds is 5. The average Bonchev–Trinajstić information content (AvgIpc) is 3.57. The summed E-state index contributed by atoms with van der Waals surface area (Å²) in [5.74, 6) is 1.07. The Kier molecular flexibility index (Phi) is 5.12. The molecule has 0 atom stereocenters. The van der Waals surface area contributed by atoms with Crippen molar-refractivity contribution in [3.63, 3.8) is 0 Å². The predicted octanol–water partition coefficient (Wildman–Crippen LogP) is 4.34. The van der Waals surface area contributed by atoms with E-state index in [4.69, 9.17) is 9.97 Å². The van der Waals surface area contributed by atoms with Gasteiger partial charge in [0.25, 0.3) is 5.56 Å². The van der Waals surface area contributed by atoms with Gasteiger partial charge >= 0.3 is 0 Å². The number of nitrogens with one attached hydrogen (secondary N) is 2. The van der Waals surface area contributed by atoms with Gasteiger partial charge in [-0.1, -0.05) is 39.0 Å². The maximum Gasteiger partial charge on any atom is 0.278 e. The SMILES string of the molecule is C=CCn1c(=O)c2cnc(Nc3ccc4c(c3)CNCC43CC3)nc2n1-c1cccc(C(C)(C)C)n1. The van der Waals surface area contributed by atoms with Crippen LogP contribution in [0.2, 0.25) is 0 Å². The van der Waals surface area contributed by atoms with E-state index in [1.807, 2.05) is 18.2 Å². The van der Waals surface area contributed by atoms with Crippen LogP contribution in [0.25, 0.3) is 16.9 Å². The second-order valence-corrected chi connectivity index (χ2v) is 10.9. The highest BCUT2D eigenvalue weighted by atomic mass is 16.1. The Balaban J connectivity index is 1.43. The number of fused-ring (bicyclic) bond motifs is 3. The Hall–Kier alpha value is -3.78. The molecule has 1 fully saturated rings. The molecular weight excluding hydrogens is 450 g/mol. The van der Waals surface area contributed by atoms with Crippen LogP contribution < -0.4 is 16.2 Å². The first kappa shape index (κ1) is 22.7. The lowest BCUT2D eigenvalue weighted by Crippen LogP contribution is -2.33. The third-order valence-electron chi connectivity index (χ3n) is 7.26. The van der Waals surface area contributed by atoms with Crippen molar-refractivity contribution in [3.8, 4) is 5.82 Å². The van der Waals surface area contributed by atoms with Gasteiger partial charge in [-0.05, 0) is 48.2 Å². The van der Waals surface area contributed by atoms with Gasteiger partial charge in [-0.25, -0.2) is 19.3 Å². The molecule has 0 bridgehead atoms. The fraction of sp³-hybridized carbons (Fsp3) is 0.357. The summed E-state index contributed by atoms with van der Waals surface area (Å²) in [6.45, 7) is 12.5. The summed E-state index contributed by atoms with van der Waals surface area (Å²) < 4.78 is 3.37. The molecule has 1 saturated carbocycles. The Morgan fingerprint density at radius 2 is 2.03 bits per heavy atom. The van der Waals surface area contributed by atoms with Gasteiger partial charge in [0, 0.05) is 41.5 Å². The Morgan fingerprint density at radius 3 is 2.78 bits per heavy atom. The molecule has 2 N–H and O–H groups in total. The van der Waals surface area contributed by atoms with Gasteiger partial charge in [0.2, 0.25) is 5.95 Å². The number of aromatic nitrogens is 5. The van der Waals surface area contributed by atoms with E-state index in [1.54, 1.807) is 21.6 Å². The molecule has 1 aromatic carbocycles. The van der Waals surface area contributed by atoms with Crippen LogP contribution in [-0.2, 0) is 23.9 Å². The first-order valence-electron chi connectivity index (χ1n) is 12.5. The molecule has 3 aromatic heterocycles. The van der Waals surface area contributed by atoms with Crippen molar-refractivity contribution in [2.75, 3.05) is 11.9 Å². The zero-order valence-corrected chi connectivity index (χ0v) is 21.0. The molecule has 0 amide bonds. The van der Waals surface area contributed by atoms with Crippen molar-refractivity contribution in [2.45, 2.75) is 57.5 Å². The molecule has 0 radical (unpaired) electrons. The van der Waals surface area contributed by atoms with Crippen LogP contribution in [0.4, 0.5) is 11.6 Å². The second-order valence-electron chi connectivity index (χ2n) is 10.9. The smallest absolute Gasteiger partial charge is 0.278 e. The van der Waals surface area contributed by atoms with Crippen LogP contribution in [0.3, 0.4) is 0 Å². The summed E-state index contributed by atoms with van der Waals surface area (Å²) >= 11 is 0. The number of hydrogen-bond acceptors (Lipinski definition) is 6. The number of anilines is 2. The van der Waals surface area contributed by atoms with Crippen LogP contribution in [0.15, 0.2) is 60.0 Å². The molecule has 1 aliphatic heterocycles. The van der Waals surface area contributed by atoms with E-state index in [1.165, 1.54) is 24.0 Å². The van der Waals surface area contributed by atoms with Crippen LogP contribution in [0.5, 0.6) is 0 Å². The summed E-state index contributed by atoms with van der Waals surface area (Å²) in [6.07, 6.45) is 5.80. The highest BCUT2D eigenvalue weighted by molar-refractivity contribution is 5.77. The number of allylic oxidation sites excluding steroid dienone is 1. The normalized spacial score (nSPS) is 16.2. The molecular formula is C28H31N7O. The molecule has 0 unspecified atom stereocenters. The van der Waals surface area contributed by atoms with E-state index in [0.29, 0.717) is 34.8 Å². The Labute approximate surface area is 210 Å². The zero-order valence-electron chi connectivity index (χ0n) is 21.0. The molecule has 1 spiro atoms. The van der Waals surface area contributed by atoms with Crippen LogP contribution >= 0.6 is 0 Å². The van der Waals surface area contributed by atoms with Gasteiger partial charge < -0.3 is 10.6 Å². The third kappa shape index (κ3) is 3.73. The van der Waals surface area contributed by atoms with Gasteiger partial charge in [-0.3, -0.25) is 4.79 Å².